The number of furan rings is 1. The molecule has 2 rings (SSSR count). The van der Waals surface area contributed by atoms with Crippen molar-refractivity contribution in [2.24, 2.45) is 0 Å². The third-order valence-corrected chi connectivity index (χ3v) is 4.86. The van der Waals surface area contributed by atoms with E-state index in [1.165, 1.54) is 17.8 Å². The van der Waals surface area contributed by atoms with Crippen molar-refractivity contribution in [2.75, 3.05) is 6.61 Å². The molecule has 1 N–H and O–H groups in total. The maximum absolute atomic E-state index is 11.8. The molecule has 1 heterocycles. The summed E-state index contributed by atoms with van der Waals surface area (Å²) in [6, 6.07) is 3.72. The Hall–Kier alpha value is -1.20. The number of hydrogen-bond donors (Lipinski definition) is 1. The Bertz CT molecular complexity index is 472. The minimum absolute atomic E-state index is 0.337. The van der Waals surface area contributed by atoms with Crippen molar-refractivity contribution >= 4 is 17.7 Å². The van der Waals surface area contributed by atoms with Crippen LogP contribution in [0.5, 0.6) is 0 Å². The Morgan fingerprint density at radius 1 is 1.48 bits per heavy atom. The lowest BCUT2D eigenvalue weighted by Crippen LogP contribution is -2.33. The van der Waals surface area contributed by atoms with Gasteiger partial charge in [-0.1, -0.05) is 19.3 Å². The number of carbonyl (C=O) groups excluding carboxylic acids is 1. The van der Waals surface area contributed by atoms with Gasteiger partial charge in [-0.3, -0.25) is 0 Å². The van der Waals surface area contributed by atoms with Crippen molar-refractivity contribution in [3.8, 4) is 0 Å². The van der Waals surface area contributed by atoms with Crippen molar-refractivity contribution < 1.29 is 19.1 Å². The topological polar surface area (TPSA) is 59.7 Å². The Kier molecular flexibility index (Phi) is 5.94. The fourth-order valence-corrected chi connectivity index (χ4v) is 3.64. The molecule has 1 aliphatic rings. The summed E-state index contributed by atoms with van der Waals surface area (Å²) in [7, 11) is 0. The van der Waals surface area contributed by atoms with Gasteiger partial charge in [-0.15, -0.1) is 11.8 Å². The predicted octanol–water partition coefficient (Wildman–Crippen LogP) is 3.66. The molecule has 0 aromatic carbocycles. The summed E-state index contributed by atoms with van der Waals surface area (Å²) < 4.78 is 10.3. The summed E-state index contributed by atoms with van der Waals surface area (Å²) in [6.45, 7) is 2.11. The molecule has 0 radical (unpaired) electrons. The van der Waals surface area contributed by atoms with E-state index < -0.39 is 11.6 Å². The van der Waals surface area contributed by atoms with E-state index in [2.05, 4.69) is 0 Å². The van der Waals surface area contributed by atoms with Crippen LogP contribution in [0, 0.1) is 0 Å². The highest BCUT2D eigenvalue weighted by atomic mass is 32.2. The third kappa shape index (κ3) is 4.64. The standard InChI is InChI=1S/C16H22O4S/c1-2-19-15(17)11-14(16(18)8-4-3-5-9-16)21-12-13-7-6-10-20-13/h6-7,10-11,18H,2-5,8-9,12H2,1H3/b14-11-. The number of ether oxygens (including phenoxy) is 1. The maximum Gasteiger partial charge on any atom is 0.331 e. The molecule has 1 aromatic heterocycles. The Morgan fingerprint density at radius 3 is 2.86 bits per heavy atom. The second kappa shape index (κ2) is 7.71. The van der Waals surface area contributed by atoms with E-state index in [4.69, 9.17) is 9.15 Å². The lowest BCUT2D eigenvalue weighted by molar-refractivity contribution is -0.137. The van der Waals surface area contributed by atoms with E-state index in [1.54, 1.807) is 13.2 Å². The average Bonchev–Trinajstić information content (AvgIpc) is 2.97. The second-order valence-corrected chi connectivity index (χ2v) is 6.24. The Morgan fingerprint density at radius 2 is 2.24 bits per heavy atom. The first-order chi connectivity index (χ1) is 10.1. The zero-order valence-electron chi connectivity index (χ0n) is 12.3. The molecule has 116 valence electrons. The monoisotopic (exact) mass is 310 g/mol. The largest absolute Gasteiger partial charge is 0.468 e. The zero-order chi connectivity index (χ0) is 15.1. The van der Waals surface area contributed by atoms with Crippen LogP contribution >= 0.6 is 11.8 Å². The SMILES string of the molecule is CCOC(=O)/C=C(\SCc1ccco1)C1(O)CCCCC1. The summed E-state index contributed by atoms with van der Waals surface area (Å²) in [5, 5.41) is 10.8. The van der Waals surface area contributed by atoms with Gasteiger partial charge < -0.3 is 14.3 Å². The molecule has 21 heavy (non-hydrogen) atoms. The highest BCUT2D eigenvalue weighted by Gasteiger charge is 2.34. The molecule has 1 saturated carbocycles. The fourth-order valence-electron chi connectivity index (χ4n) is 2.53. The van der Waals surface area contributed by atoms with Gasteiger partial charge in [0.15, 0.2) is 0 Å². The molecule has 0 amide bonds. The van der Waals surface area contributed by atoms with Crippen LogP contribution < -0.4 is 0 Å². The number of esters is 1. The predicted molar refractivity (Wildman–Crippen MR) is 82.8 cm³/mol. The van der Waals surface area contributed by atoms with Crippen molar-refractivity contribution in [1.29, 1.82) is 0 Å². The molecule has 0 atom stereocenters. The van der Waals surface area contributed by atoms with Crippen molar-refractivity contribution in [3.05, 3.63) is 35.1 Å². The van der Waals surface area contributed by atoms with Crippen LogP contribution in [0.1, 0.15) is 44.8 Å². The van der Waals surface area contributed by atoms with Crippen LogP contribution in [-0.4, -0.2) is 23.3 Å². The first-order valence-corrected chi connectivity index (χ1v) is 8.39. The van der Waals surface area contributed by atoms with Crippen molar-refractivity contribution in [1.82, 2.24) is 0 Å². The molecular weight excluding hydrogens is 288 g/mol. The number of rotatable bonds is 6. The van der Waals surface area contributed by atoms with Gasteiger partial charge in [0.25, 0.3) is 0 Å². The Balaban J connectivity index is 2.10. The summed E-state index contributed by atoms with van der Waals surface area (Å²) in [6.07, 6.45) is 7.57. The summed E-state index contributed by atoms with van der Waals surface area (Å²) in [5.74, 6) is 1.04. The summed E-state index contributed by atoms with van der Waals surface area (Å²) >= 11 is 1.46. The lowest BCUT2D eigenvalue weighted by atomic mass is 9.84. The van der Waals surface area contributed by atoms with E-state index >= 15 is 0 Å². The minimum atomic E-state index is -0.901. The first-order valence-electron chi connectivity index (χ1n) is 7.40. The van der Waals surface area contributed by atoms with Gasteiger partial charge in [0.05, 0.1) is 24.2 Å². The molecule has 1 aromatic rings. The molecule has 1 fully saturated rings. The lowest BCUT2D eigenvalue weighted by Gasteiger charge is -2.33. The van der Waals surface area contributed by atoms with Crippen LogP contribution in [0.4, 0.5) is 0 Å². The highest BCUT2D eigenvalue weighted by molar-refractivity contribution is 8.02. The van der Waals surface area contributed by atoms with E-state index in [1.807, 2.05) is 12.1 Å². The molecule has 0 unspecified atom stereocenters. The quantitative estimate of drug-likeness (QED) is 0.642. The van der Waals surface area contributed by atoms with Crippen LogP contribution in [0.25, 0.3) is 0 Å². The van der Waals surface area contributed by atoms with Crippen LogP contribution in [0.15, 0.2) is 33.8 Å². The molecule has 0 saturated heterocycles. The van der Waals surface area contributed by atoms with Gasteiger partial charge in [-0.2, -0.15) is 0 Å². The maximum atomic E-state index is 11.8. The molecule has 5 heteroatoms. The normalized spacial score (nSPS) is 18.5. The summed E-state index contributed by atoms with van der Waals surface area (Å²) in [5.41, 5.74) is -0.901. The van der Waals surface area contributed by atoms with Crippen LogP contribution in [-0.2, 0) is 15.3 Å². The number of hydrogen-bond acceptors (Lipinski definition) is 5. The van der Waals surface area contributed by atoms with Crippen LogP contribution in [0.2, 0.25) is 0 Å². The third-order valence-electron chi connectivity index (χ3n) is 3.62. The highest BCUT2D eigenvalue weighted by Crippen LogP contribution is 2.40. The van der Waals surface area contributed by atoms with E-state index in [-0.39, 0.29) is 0 Å². The second-order valence-electron chi connectivity index (χ2n) is 5.22. The van der Waals surface area contributed by atoms with E-state index in [9.17, 15) is 9.90 Å². The van der Waals surface area contributed by atoms with Gasteiger partial charge in [0.2, 0.25) is 0 Å². The fraction of sp³-hybridized carbons (Fsp3) is 0.562. The average molecular weight is 310 g/mol. The summed E-state index contributed by atoms with van der Waals surface area (Å²) in [4.78, 5) is 12.4. The van der Waals surface area contributed by atoms with Gasteiger partial charge in [-0.25, -0.2) is 4.79 Å². The smallest absolute Gasteiger partial charge is 0.331 e. The van der Waals surface area contributed by atoms with Gasteiger partial charge in [-0.05, 0) is 31.9 Å². The number of aliphatic hydroxyl groups is 1. The molecule has 0 aliphatic heterocycles. The van der Waals surface area contributed by atoms with Crippen molar-refractivity contribution in [3.63, 3.8) is 0 Å². The van der Waals surface area contributed by atoms with E-state index in [0.29, 0.717) is 30.1 Å². The van der Waals surface area contributed by atoms with Gasteiger partial charge in [0.1, 0.15) is 5.76 Å². The van der Waals surface area contributed by atoms with Crippen molar-refractivity contribution in [2.45, 2.75) is 50.4 Å². The molecule has 4 nitrogen and oxygen atoms in total. The number of thioether (sulfide) groups is 1. The first kappa shape index (κ1) is 16.2. The molecule has 0 spiro atoms. The van der Waals surface area contributed by atoms with E-state index in [0.717, 1.165) is 25.0 Å². The van der Waals surface area contributed by atoms with Crippen LogP contribution in [0.3, 0.4) is 0 Å². The minimum Gasteiger partial charge on any atom is -0.468 e. The van der Waals surface area contributed by atoms with Gasteiger partial charge >= 0.3 is 5.97 Å². The number of carbonyl (C=O) groups is 1. The Labute approximate surface area is 129 Å². The molecule has 0 bridgehead atoms. The zero-order valence-corrected chi connectivity index (χ0v) is 13.2. The molecular formula is C16H22O4S. The molecule has 1 aliphatic carbocycles. The van der Waals surface area contributed by atoms with Gasteiger partial charge in [0, 0.05) is 11.0 Å².